The Morgan fingerprint density at radius 1 is 1.22 bits per heavy atom. The molecule has 0 unspecified atom stereocenters. The van der Waals surface area contributed by atoms with Crippen LogP contribution in [0.4, 0.5) is 4.79 Å². The average molecular weight is 322 g/mol. The van der Waals surface area contributed by atoms with Gasteiger partial charge in [-0.05, 0) is 44.4 Å². The number of hydroxylamine groups is 1. The van der Waals surface area contributed by atoms with E-state index in [0.29, 0.717) is 24.6 Å². The fourth-order valence-electron chi connectivity index (χ4n) is 2.02. The third kappa shape index (κ3) is 6.69. The van der Waals surface area contributed by atoms with Crippen molar-refractivity contribution in [3.63, 3.8) is 0 Å². The standard InChI is InChI=1S/C17H26N2O4/c1-12(2)10-19(16(21)23-17(3,4)5)11-13-6-8-14(9-7-13)15(20)18-22/h6-9,12,22H,10-11H2,1-5H3,(H,18,20). The second kappa shape index (κ2) is 7.97. The van der Waals surface area contributed by atoms with Gasteiger partial charge in [-0.1, -0.05) is 26.0 Å². The van der Waals surface area contributed by atoms with Crippen LogP contribution in [0.1, 0.15) is 50.5 Å². The molecule has 0 aliphatic rings. The van der Waals surface area contributed by atoms with Crippen molar-refractivity contribution in [3.05, 3.63) is 35.4 Å². The van der Waals surface area contributed by atoms with Crippen LogP contribution in [0, 0.1) is 5.92 Å². The van der Waals surface area contributed by atoms with Crippen LogP contribution >= 0.6 is 0 Å². The van der Waals surface area contributed by atoms with Crippen LogP contribution in [0.2, 0.25) is 0 Å². The second-order valence-corrected chi connectivity index (χ2v) is 6.89. The van der Waals surface area contributed by atoms with Gasteiger partial charge in [-0.3, -0.25) is 10.0 Å². The highest BCUT2D eigenvalue weighted by Gasteiger charge is 2.23. The first-order chi connectivity index (χ1) is 10.6. The fourth-order valence-corrected chi connectivity index (χ4v) is 2.02. The van der Waals surface area contributed by atoms with Crippen molar-refractivity contribution in [3.8, 4) is 0 Å². The molecule has 23 heavy (non-hydrogen) atoms. The highest BCUT2D eigenvalue weighted by atomic mass is 16.6. The Morgan fingerprint density at radius 3 is 2.22 bits per heavy atom. The van der Waals surface area contributed by atoms with Crippen molar-refractivity contribution in [2.75, 3.05) is 6.54 Å². The molecular weight excluding hydrogens is 296 g/mol. The Balaban J connectivity index is 2.84. The summed E-state index contributed by atoms with van der Waals surface area (Å²) < 4.78 is 5.44. The van der Waals surface area contributed by atoms with Gasteiger partial charge in [0.15, 0.2) is 0 Å². The third-order valence-corrected chi connectivity index (χ3v) is 2.93. The Hall–Kier alpha value is -2.08. The summed E-state index contributed by atoms with van der Waals surface area (Å²) in [6.07, 6.45) is -0.358. The van der Waals surface area contributed by atoms with E-state index in [1.807, 2.05) is 34.6 Å². The van der Waals surface area contributed by atoms with Crippen molar-refractivity contribution in [1.82, 2.24) is 10.4 Å². The molecule has 6 heteroatoms. The van der Waals surface area contributed by atoms with Crippen LogP contribution in [0.25, 0.3) is 0 Å². The predicted octanol–water partition coefficient (Wildman–Crippen LogP) is 3.20. The fraction of sp³-hybridized carbons (Fsp3) is 0.529. The summed E-state index contributed by atoms with van der Waals surface area (Å²) >= 11 is 0. The molecule has 0 fully saturated rings. The molecule has 2 amide bonds. The molecule has 0 radical (unpaired) electrons. The molecule has 1 aromatic carbocycles. The van der Waals surface area contributed by atoms with Crippen LogP contribution in [0.5, 0.6) is 0 Å². The smallest absolute Gasteiger partial charge is 0.410 e. The molecule has 6 nitrogen and oxygen atoms in total. The topological polar surface area (TPSA) is 78.9 Å². The van der Waals surface area contributed by atoms with Crippen LogP contribution in [-0.2, 0) is 11.3 Å². The second-order valence-electron chi connectivity index (χ2n) is 6.89. The van der Waals surface area contributed by atoms with Gasteiger partial charge in [0.2, 0.25) is 0 Å². The SMILES string of the molecule is CC(C)CN(Cc1ccc(C(=O)NO)cc1)C(=O)OC(C)(C)C. The first-order valence-electron chi connectivity index (χ1n) is 7.63. The van der Waals surface area contributed by atoms with Gasteiger partial charge in [0.05, 0.1) is 0 Å². The van der Waals surface area contributed by atoms with E-state index >= 15 is 0 Å². The van der Waals surface area contributed by atoms with E-state index in [1.165, 1.54) is 0 Å². The van der Waals surface area contributed by atoms with Crippen LogP contribution < -0.4 is 5.48 Å². The van der Waals surface area contributed by atoms with E-state index in [4.69, 9.17) is 9.94 Å². The number of amides is 2. The van der Waals surface area contributed by atoms with E-state index in [-0.39, 0.29) is 6.09 Å². The summed E-state index contributed by atoms with van der Waals surface area (Å²) in [4.78, 5) is 25.3. The minimum absolute atomic E-state index is 0.307. The average Bonchev–Trinajstić information content (AvgIpc) is 2.44. The van der Waals surface area contributed by atoms with Crippen molar-refractivity contribution in [2.24, 2.45) is 5.92 Å². The van der Waals surface area contributed by atoms with E-state index in [0.717, 1.165) is 5.56 Å². The van der Waals surface area contributed by atoms with Crippen molar-refractivity contribution in [1.29, 1.82) is 0 Å². The summed E-state index contributed by atoms with van der Waals surface area (Å²) in [7, 11) is 0. The normalized spacial score (nSPS) is 11.3. The molecule has 0 aliphatic heterocycles. The first-order valence-corrected chi connectivity index (χ1v) is 7.63. The lowest BCUT2D eigenvalue weighted by Gasteiger charge is -2.28. The molecule has 0 aromatic heterocycles. The maximum atomic E-state index is 12.3. The van der Waals surface area contributed by atoms with E-state index in [2.05, 4.69) is 0 Å². The Bertz CT molecular complexity index is 533. The van der Waals surface area contributed by atoms with E-state index in [1.54, 1.807) is 34.6 Å². The van der Waals surface area contributed by atoms with Crippen LogP contribution in [0.3, 0.4) is 0 Å². The van der Waals surface area contributed by atoms with Gasteiger partial charge in [-0.25, -0.2) is 10.3 Å². The third-order valence-electron chi connectivity index (χ3n) is 2.93. The van der Waals surface area contributed by atoms with Gasteiger partial charge in [-0.15, -0.1) is 0 Å². The molecule has 0 aliphatic carbocycles. The van der Waals surface area contributed by atoms with Gasteiger partial charge in [0.1, 0.15) is 5.60 Å². The Morgan fingerprint density at radius 2 is 1.78 bits per heavy atom. The molecule has 0 bridgehead atoms. The maximum Gasteiger partial charge on any atom is 0.410 e. The van der Waals surface area contributed by atoms with Gasteiger partial charge in [0, 0.05) is 18.7 Å². The molecule has 2 N–H and O–H groups in total. The van der Waals surface area contributed by atoms with Crippen molar-refractivity contribution in [2.45, 2.75) is 46.8 Å². The van der Waals surface area contributed by atoms with Gasteiger partial charge >= 0.3 is 6.09 Å². The Labute approximate surface area is 137 Å². The van der Waals surface area contributed by atoms with Crippen molar-refractivity contribution < 1.29 is 19.5 Å². The van der Waals surface area contributed by atoms with Gasteiger partial charge < -0.3 is 9.64 Å². The van der Waals surface area contributed by atoms with Crippen LogP contribution in [-0.4, -0.2) is 34.3 Å². The number of nitrogens with one attached hydrogen (secondary N) is 1. The summed E-state index contributed by atoms with van der Waals surface area (Å²) in [5.41, 5.74) is 2.27. The minimum atomic E-state index is -0.567. The van der Waals surface area contributed by atoms with Crippen LogP contribution in [0.15, 0.2) is 24.3 Å². The number of benzene rings is 1. The molecule has 1 aromatic rings. The largest absolute Gasteiger partial charge is 0.444 e. The van der Waals surface area contributed by atoms with Crippen molar-refractivity contribution >= 4 is 12.0 Å². The molecule has 1 rings (SSSR count). The van der Waals surface area contributed by atoms with E-state index < -0.39 is 11.5 Å². The predicted molar refractivity (Wildman–Crippen MR) is 87.2 cm³/mol. The zero-order chi connectivity index (χ0) is 17.6. The maximum absolute atomic E-state index is 12.3. The summed E-state index contributed by atoms with van der Waals surface area (Å²) in [6.45, 7) is 10.5. The number of hydrogen-bond donors (Lipinski definition) is 2. The molecule has 0 heterocycles. The summed E-state index contributed by atoms with van der Waals surface area (Å²) in [5.74, 6) is -0.260. The summed E-state index contributed by atoms with van der Waals surface area (Å²) in [6, 6.07) is 6.71. The number of ether oxygens (including phenoxy) is 1. The number of rotatable bonds is 5. The number of carbonyl (C=O) groups excluding carboxylic acids is 2. The first kappa shape index (κ1) is 19.0. The van der Waals surface area contributed by atoms with E-state index in [9.17, 15) is 9.59 Å². The zero-order valence-corrected chi connectivity index (χ0v) is 14.4. The monoisotopic (exact) mass is 322 g/mol. The highest BCUT2D eigenvalue weighted by molar-refractivity contribution is 5.93. The quantitative estimate of drug-likeness (QED) is 0.644. The van der Waals surface area contributed by atoms with Gasteiger partial charge in [0.25, 0.3) is 5.91 Å². The molecular formula is C17H26N2O4. The molecule has 0 saturated carbocycles. The zero-order valence-electron chi connectivity index (χ0n) is 14.4. The molecule has 0 spiro atoms. The van der Waals surface area contributed by atoms with Gasteiger partial charge in [-0.2, -0.15) is 0 Å². The lowest BCUT2D eigenvalue weighted by atomic mass is 10.1. The number of carbonyl (C=O) groups is 2. The summed E-state index contributed by atoms with van der Waals surface area (Å²) in [5, 5.41) is 8.61. The highest BCUT2D eigenvalue weighted by Crippen LogP contribution is 2.15. The lowest BCUT2D eigenvalue weighted by molar-refractivity contribution is 0.0211. The minimum Gasteiger partial charge on any atom is -0.444 e. The molecule has 0 atom stereocenters. The Kier molecular flexibility index (Phi) is 6.57. The lowest BCUT2D eigenvalue weighted by Crippen LogP contribution is -2.38. The molecule has 0 saturated heterocycles. The number of nitrogens with zero attached hydrogens (tertiary/aromatic N) is 1. The number of hydrogen-bond acceptors (Lipinski definition) is 4. The molecule has 128 valence electrons.